The zero-order valence-corrected chi connectivity index (χ0v) is 11.1. The van der Waals surface area contributed by atoms with E-state index in [1.807, 2.05) is 23.7 Å². The van der Waals surface area contributed by atoms with Crippen molar-refractivity contribution < 1.29 is 9.52 Å². The van der Waals surface area contributed by atoms with Crippen LogP contribution < -0.4 is 0 Å². The minimum atomic E-state index is -0.370. The van der Waals surface area contributed by atoms with Crippen LogP contribution in [-0.4, -0.2) is 26.0 Å². The van der Waals surface area contributed by atoms with Gasteiger partial charge in [0.15, 0.2) is 5.76 Å². The van der Waals surface area contributed by atoms with E-state index in [1.165, 1.54) is 19.3 Å². The molecule has 19 heavy (non-hydrogen) atoms. The van der Waals surface area contributed by atoms with Gasteiger partial charge >= 0.3 is 0 Å². The molecule has 0 saturated heterocycles. The Kier molecular flexibility index (Phi) is 3.38. The van der Waals surface area contributed by atoms with Gasteiger partial charge < -0.3 is 9.52 Å². The van der Waals surface area contributed by atoms with Crippen molar-refractivity contribution in [2.24, 2.45) is 0 Å². The number of hydrogen-bond donors (Lipinski definition) is 1. The second-order valence-corrected chi connectivity index (χ2v) is 5.14. The molecule has 5 heteroatoms. The van der Waals surface area contributed by atoms with Crippen LogP contribution in [0.1, 0.15) is 44.3 Å². The highest BCUT2D eigenvalue weighted by molar-refractivity contribution is 5.45. The summed E-state index contributed by atoms with van der Waals surface area (Å²) in [5.41, 5.74) is 0. The molecule has 0 bridgehead atoms. The molecule has 2 aromatic rings. The highest BCUT2D eigenvalue weighted by atomic mass is 16.3. The molecule has 0 amide bonds. The van der Waals surface area contributed by atoms with Crippen molar-refractivity contribution in [3.8, 4) is 11.6 Å². The zero-order chi connectivity index (χ0) is 13.2. The van der Waals surface area contributed by atoms with E-state index in [-0.39, 0.29) is 6.10 Å². The first-order chi connectivity index (χ1) is 9.28. The van der Waals surface area contributed by atoms with Crippen molar-refractivity contribution in [3.63, 3.8) is 0 Å². The highest BCUT2D eigenvalue weighted by Gasteiger charge is 2.27. The lowest BCUT2D eigenvalue weighted by molar-refractivity contribution is 0.142. The van der Waals surface area contributed by atoms with Crippen molar-refractivity contribution in [3.05, 3.63) is 24.2 Å². The summed E-state index contributed by atoms with van der Waals surface area (Å²) < 4.78 is 7.21. The Balaban J connectivity index is 1.91. The fourth-order valence-corrected chi connectivity index (χ4v) is 2.30. The number of aliphatic hydroxyl groups is 1. The molecule has 1 N–H and O–H groups in total. The fraction of sp³-hybridized carbons (Fsp3) is 0.571. The molecular formula is C14H19N3O2. The molecule has 5 nitrogen and oxygen atoms in total. The third kappa shape index (κ3) is 2.42. The molecule has 1 fully saturated rings. The van der Waals surface area contributed by atoms with E-state index in [1.54, 1.807) is 6.26 Å². The van der Waals surface area contributed by atoms with Gasteiger partial charge in [0.05, 0.1) is 18.9 Å². The monoisotopic (exact) mass is 261 g/mol. The summed E-state index contributed by atoms with van der Waals surface area (Å²) in [6, 6.07) is 3.69. The van der Waals surface area contributed by atoms with E-state index in [4.69, 9.17) is 4.42 Å². The van der Waals surface area contributed by atoms with Crippen LogP contribution in [0.3, 0.4) is 0 Å². The number of aliphatic hydroxyl groups excluding tert-OH is 1. The van der Waals surface area contributed by atoms with Crippen LogP contribution in [0.25, 0.3) is 11.6 Å². The molecular weight excluding hydrogens is 242 g/mol. The van der Waals surface area contributed by atoms with E-state index in [9.17, 15) is 5.11 Å². The van der Waals surface area contributed by atoms with Gasteiger partial charge in [-0.3, -0.25) is 0 Å². The van der Waals surface area contributed by atoms with Crippen LogP contribution in [0.15, 0.2) is 22.8 Å². The minimum absolute atomic E-state index is 0.370. The van der Waals surface area contributed by atoms with Gasteiger partial charge in [-0.2, -0.15) is 0 Å². The molecule has 102 valence electrons. The molecule has 2 aromatic heterocycles. The Bertz CT molecular complexity index is 529. The molecule has 2 heterocycles. The summed E-state index contributed by atoms with van der Waals surface area (Å²) in [6.07, 6.45) is 5.56. The lowest BCUT2D eigenvalue weighted by atomic mass is 9.85. The summed E-state index contributed by atoms with van der Waals surface area (Å²) >= 11 is 0. The molecule has 0 aliphatic heterocycles. The third-order valence-corrected chi connectivity index (χ3v) is 3.77. The first-order valence-electron chi connectivity index (χ1n) is 6.94. The van der Waals surface area contributed by atoms with Crippen molar-refractivity contribution >= 4 is 0 Å². The standard InChI is InChI=1S/C14H19N3O2/c1-2-11(18)9-17-14(10-5-3-6-10)15-13(16-17)12-7-4-8-19-12/h4,7-8,10-11,18H,2-3,5-6,9H2,1H3/t11-/m1/s1. The number of hydrogen-bond acceptors (Lipinski definition) is 4. The number of aromatic nitrogens is 3. The molecule has 1 saturated carbocycles. The maximum atomic E-state index is 9.84. The number of furan rings is 1. The number of rotatable bonds is 5. The Labute approximate surface area is 112 Å². The second-order valence-electron chi connectivity index (χ2n) is 5.14. The first-order valence-corrected chi connectivity index (χ1v) is 6.94. The Morgan fingerprint density at radius 1 is 1.53 bits per heavy atom. The lowest BCUT2D eigenvalue weighted by Gasteiger charge is -2.25. The summed E-state index contributed by atoms with van der Waals surface area (Å²) in [5, 5.41) is 14.3. The van der Waals surface area contributed by atoms with Crippen molar-refractivity contribution in [2.45, 2.75) is 51.2 Å². The molecule has 0 radical (unpaired) electrons. The maximum absolute atomic E-state index is 9.84. The van der Waals surface area contributed by atoms with Gasteiger partial charge in [0.2, 0.25) is 5.82 Å². The van der Waals surface area contributed by atoms with Crippen LogP contribution >= 0.6 is 0 Å². The molecule has 0 aromatic carbocycles. The molecule has 0 unspecified atom stereocenters. The predicted molar refractivity (Wildman–Crippen MR) is 70.6 cm³/mol. The summed E-state index contributed by atoms with van der Waals surface area (Å²) in [4.78, 5) is 4.61. The topological polar surface area (TPSA) is 64.1 Å². The quantitative estimate of drug-likeness (QED) is 0.898. The average molecular weight is 261 g/mol. The summed E-state index contributed by atoms with van der Waals surface area (Å²) in [7, 11) is 0. The van der Waals surface area contributed by atoms with E-state index >= 15 is 0 Å². The van der Waals surface area contributed by atoms with Gasteiger partial charge in [-0.25, -0.2) is 9.67 Å². The highest BCUT2D eigenvalue weighted by Crippen LogP contribution is 2.36. The molecule has 1 atom stereocenters. The smallest absolute Gasteiger partial charge is 0.217 e. The van der Waals surface area contributed by atoms with E-state index in [0.717, 1.165) is 12.2 Å². The van der Waals surface area contributed by atoms with E-state index < -0.39 is 0 Å². The van der Waals surface area contributed by atoms with Crippen LogP contribution in [0.4, 0.5) is 0 Å². The minimum Gasteiger partial charge on any atom is -0.461 e. The fourth-order valence-electron chi connectivity index (χ4n) is 2.30. The van der Waals surface area contributed by atoms with Crippen LogP contribution in [0.5, 0.6) is 0 Å². The SMILES string of the molecule is CC[C@@H](O)Cn1nc(-c2ccco2)nc1C1CCC1. The largest absolute Gasteiger partial charge is 0.461 e. The van der Waals surface area contributed by atoms with Crippen LogP contribution in [-0.2, 0) is 6.54 Å². The van der Waals surface area contributed by atoms with Gasteiger partial charge in [0, 0.05) is 5.92 Å². The van der Waals surface area contributed by atoms with Gasteiger partial charge in [0.1, 0.15) is 5.82 Å². The van der Waals surface area contributed by atoms with Crippen molar-refractivity contribution in [2.75, 3.05) is 0 Å². The van der Waals surface area contributed by atoms with Crippen LogP contribution in [0, 0.1) is 0 Å². The normalized spacial score (nSPS) is 17.4. The maximum Gasteiger partial charge on any atom is 0.217 e. The summed E-state index contributed by atoms with van der Waals surface area (Å²) in [5.74, 6) is 2.78. The Morgan fingerprint density at radius 3 is 2.95 bits per heavy atom. The Hall–Kier alpha value is -1.62. The number of nitrogens with zero attached hydrogens (tertiary/aromatic N) is 3. The van der Waals surface area contributed by atoms with Gasteiger partial charge in [-0.1, -0.05) is 13.3 Å². The van der Waals surface area contributed by atoms with E-state index in [0.29, 0.717) is 24.0 Å². The van der Waals surface area contributed by atoms with E-state index in [2.05, 4.69) is 10.1 Å². The van der Waals surface area contributed by atoms with Gasteiger partial charge in [0.25, 0.3) is 0 Å². The molecule has 3 rings (SSSR count). The second kappa shape index (κ2) is 5.17. The molecule has 1 aliphatic carbocycles. The average Bonchev–Trinajstić information content (AvgIpc) is 2.97. The van der Waals surface area contributed by atoms with Crippen molar-refractivity contribution in [1.29, 1.82) is 0 Å². The van der Waals surface area contributed by atoms with Gasteiger partial charge in [-0.05, 0) is 31.4 Å². The lowest BCUT2D eigenvalue weighted by Crippen LogP contribution is -2.21. The Morgan fingerprint density at radius 2 is 2.37 bits per heavy atom. The third-order valence-electron chi connectivity index (χ3n) is 3.77. The predicted octanol–water partition coefficient (Wildman–Crippen LogP) is 2.58. The molecule has 0 spiro atoms. The van der Waals surface area contributed by atoms with Gasteiger partial charge in [-0.15, -0.1) is 5.10 Å². The van der Waals surface area contributed by atoms with Crippen molar-refractivity contribution in [1.82, 2.24) is 14.8 Å². The zero-order valence-electron chi connectivity index (χ0n) is 11.1. The van der Waals surface area contributed by atoms with Crippen LogP contribution in [0.2, 0.25) is 0 Å². The summed E-state index contributed by atoms with van der Waals surface area (Å²) in [6.45, 7) is 2.48. The first kappa shape index (κ1) is 12.4. The molecule has 1 aliphatic rings.